The third-order valence-corrected chi connectivity index (χ3v) is 4.54. The van der Waals surface area contributed by atoms with Crippen LogP contribution in [0, 0.1) is 17.0 Å². The van der Waals surface area contributed by atoms with Gasteiger partial charge in [-0.25, -0.2) is 0 Å². The zero-order valence-electron chi connectivity index (χ0n) is 14.1. The van der Waals surface area contributed by atoms with Crippen molar-refractivity contribution in [1.29, 1.82) is 0 Å². The first-order valence-electron chi connectivity index (χ1n) is 8.40. The number of carbonyl (C=O) groups is 1. The molecule has 6 nitrogen and oxygen atoms in total. The van der Waals surface area contributed by atoms with E-state index in [4.69, 9.17) is 0 Å². The van der Waals surface area contributed by atoms with Crippen LogP contribution in [0.3, 0.4) is 0 Å². The Kier molecular flexibility index (Phi) is 4.97. The molecule has 0 aliphatic carbocycles. The van der Waals surface area contributed by atoms with Crippen molar-refractivity contribution in [1.82, 2.24) is 4.90 Å². The zero-order chi connectivity index (χ0) is 17.8. The van der Waals surface area contributed by atoms with E-state index >= 15 is 0 Å². The molecule has 1 saturated heterocycles. The maximum Gasteiger partial charge on any atom is 0.282 e. The van der Waals surface area contributed by atoms with Crippen LogP contribution in [0.25, 0.3) is 0 Å². The van der Waals surface area contributed by atoms with E-state index in [1.54, 1.807) is 17.0 Å². The number of hydrogen-bond acceptors (Lipinski definition) is 4. The van der Waals surface area contributed by atoms with Crippen LogP contribution in [0.5, 0.6) is 0 Å². The molecule has 1 amide bonds. The van der Waals surface area contributed by atoms with Crippen LogP contribution in [0.4, 0.5) is 11.4 Å². The molecule has 25 heavy (non-hydrogen) atoms. The summed E-state index contributed by atoms with van der Waals surface area (Å²) < 4.78 is 0. The van der Waals surface area contributed by atoms with Crippen molar-refractivity contribution in [2.24, 2.45) is 0 Å². The fourth-order valence-corrected chi connectivity index (χ4v) is 3.10. The van der Waals surface area contributed by atoms with E-state index in [1.165, 1.54) is 17.7 Å². The molecule has 1 aliphatic heterocycles. The summed E-state index contributed by atoms with van der Waals surface area (Å²) in [7, 11) is 0. The number of piperidine rings is 1. The van der Waals surface area contributed by atoms with E-state index in [-0.39, 0.29) is 17.2 Å². The van der Waals surface area contributed by atoms with E-state index in [0.717, 1.165) is 18.5 Å². The molecule has 1 heterocycles. The number of likely N-dealkylation sites (tertiary alicyclic amines) is 1. The molecule has 1 N–H and O–H groups in total. The minimum absolute atomic E-state index is 0.132. The molecule has 0 saturated carbocycles. The molecule has 2 aromatic carbocycles. The number of para-hydroxylation sites is 1. The van der Waals surface area contributed by atoms with E-state index in [9.17, 15) is 14.9 Å². The van der Waals surface area contributed by atoms with Crippen molar-refractivity contribution in [3.63, 3.8) is 0 Å². The predicted octanol–water partition coefficient (Wildman–Crippen LogP) is 3.62. The Bertz CT molecular complexity index is 766. The number of carbonyl (C=O) groups excluding carboxylic acids is 1. The second-order valence-electron chi connectivity index (χ2n) is 6.35. The lowest BCUT2D eigenvalue weighted by atomic mass is 10.0. The van der Waals surface area contributed by atoms with Gasteiger partial charge in [0.1, 0.15) is 5.56 Å². The summed E-state index contributed by atoms with van der Waals surface area (Å²) in [5, 5.41) is 14.6. The minimum atomic E-state index is -0.501. The predicted molar refractivity (Wildman–Crippen MR) is 96.8 cm³/mol. The maximum atomic E-state index is 12.6. The van der Waals surface area contributed by atoms with Crippen LogP contribution < -0.4 is 5.32 Å². The van der Waals surface area contributed by atoms with Gasteiger partial charge in [0.25, 0.3) is 11.6 Å². The summed E-state index contributed by atoms with van der Waals surface area (Å²) in [6.45, 7) is 3.24. The van der Waals surface area contributed by atoms with E-state index in [1.807, 2.05) is 0 Å². The van der Waals surface area contributed by atoms with Crippen LogP contribution >= 0.6 is 0 Å². The van der Waals surface area contributed by atoms with Crippen LogP contribution in [0.2, 0.25) is 0 Å². The van der Waals surface area contributed by atoms with Crippen LogP contribution in [0.1, 0.15) is 28.8 Å². The van der Waals surface area contributed by atoms with Gasteiger partial charge in [0.2, 0.25) is 0 Å². The first kappa shape index (κ1) is 17.0. The summed E-state index contributed by atoms with van der Waals surface area (Å²) in [5.41, 5.74) is 2.33. The van der Waals surface area contributed by atoms with Crippen LogP contribution in [-0.2, 0) is 0 Å². The van der Waals surface area contributed by atoms with Crippen molar-refractivity contribution < 1.29 is 9.72 Å². The summed E-state index contributed by atoms with van der Waals surface area (Å²) in [4.78, 5) is 24.9. The third kappa shape index (κ3) is 3.96. The fourth-order valence-electron chi connectivity index (χ4n) is 3.10. The first-order valence-corrected chi connectivity index (χ1v) is 8.40. The molecule has 2 aromatic rings. The van der Waals surface area contributed by atoms with Crippen molar-refractivity contribution >= 4 is 17.3 Å². The first-order chi connectivity index (χ1) is 12.0. The molecule has 3 rings (SSSR count). The Hall–Kier alpha value is -2.89. The van der Waals surface area contributed by atoms with E-state index in [0.29, 0.717) is 19.1 Å². The summed E-state index contributed by atoms with van der Waals surface area (Å²) >= 11 is 0. The van der Waals surface area contributed by atoms with Crippen LogP contribution in [0.15, 0.2) is 48.5 Å². The third-order valence-electron chi connectivity index (χ3n) is 4.54. The largest absolute Gasteiger partial charge is 0.382 e. The van der Waals surface area contributed by atoms with Crippen LogP contribution in [-0.4, -0.2) is 34.9 Å². The number of nitro groups is 1. The van der Waals surface area contributed by atoms with Gasteiger partial charge in [0, 0.05) is 30.9 Å². The van der Waals surface area contributed by atoms with Gasteiger partial charge < -0.3 is 10.2 Å². The number of rotatable bonds is 4. The zero-order valence-corrected chi connectivity index (χ0v) is 14.1. The Morgan fingerprint density at radius 2 is 1.76 bits per heavy atom. The van der Waals surface area contributed by atoms with Gasteiger partial charge in [-0.15, -0.1) is 0 Å². The van der Waals surface area contributed by atoms with Crippen molar-refractivity contribution in [2.75, 3.05) is 18.4 Å². The number of nitrogens with one attached hydrogen (secondary N) is 1. The fraction of sp³-hybridized carbons (Fsp3) is 0.316. The average Bonchev–Trinajstić information content (AvgIpc) is 2.63. The Balaban J connectivity index is 1.61. The van der Waals surface area contributed by atoms with Gasteiger partial charge in [-0.2, -0.15) is 0 Å². The second-order valence-corrected chi connectivity index (χ2v) is 6.35. The lowest BCUT2D eigenvalue weighted by Gasteiger charge is -2.33. The topological polar surface area (TPSA) is 75.5 Å². The Morgan fingerprint density at radius 3 is 2.40 bits per heavy atom. The molecule has 1 aliphatic rings. The molecule has 130 valence electrons. The quantitative estimate of drug-likeness (QED) is 0.682. The second kappa shape index (κ2) is 7.34. The monoisotopic (exact) mass is 339 g/mol. The van der Waals surface area contributed by atoms with Gasteiger partial charge in [-0.3, -0.25) is 14.9 Å². The SMILES string of the molecule is Cc1ccc(NC2CCN(C(=O)c3ccccc3[N+](=O)[O-])CC2)cc1. The Labute approximate surface area is 146 Å². The molecular formula is C19H21N3O3. The van der Waals surface area contributed by atoms with Gasteiger partial charge >= 0.3 is 0 Å². The lowest BCUT2D eigenvalue weighted by Crippen LogP contribution is -2.42. The molecule has 0 spiro atoms. The standard InChI is InChI=1S/C19H21N3O3/c1-14-6-8-15(9-7-14)20-16-10-12-21(13-11-16)19(23)17-4-2-3-5-18(17)22(24)25/h2-9,16,20H,10-13H2,1H3. The van der Waals surface area contributed by atoms with E-state index in [2.05, 4.69) is 36.5 Å². The molecular weight excluding hydrogens is 318 g/mol. The molecule has 0 unspecified atom stereocenters. The number of aryl methyl sites for hydroxylation is 1. The molecule has 0 atom stereocenters. The van der Waals surface area contributed by atoms with Gasteiger partial charge in [-0.1, -0.05) is 29.8 Å². The highest BCUT2D eigenvalue weighted by Gasteiger charge is 2.27. The van der Waals surface area contributed by atoms with Crippen molar-refractivity contribution in [2.45, 2.75) is 25.8 Å². The van der Waals surface area contributed by atoms with E-state index < -0.39 is 4.92 Å². The number of nitrogens with zero attached hydrogens (tertiary/aromatic N) is 2. The summed E-state index contributed by atoms with van der Waals surface area (Å²) in [6.07, 6.45) is 1.64. The van der Waals surface area contributed by atoms with Crippen molar-refractivity contribution in [3.8, 4) is 0 Å². The minimum Gasteiger partial charge on any atom is -0.382 e. The van der Waals surface area contributed by atoms with Crippen molar-refractivity contribution in [3.05, 3.63) is 69.8 Å². The highest BCUT2D eigenvalue weighted by molar-refractivity contribution is 5.98. The number of benzene rings is 2. The highest BCUT2D eigenvalue weighted by Crippen LogP contribution is 2.23. The van der Waals surface area contributed by atoms with Gasteiger partial charge in [-0.05, 0) is 38.0 Å². The molecule has 1 fully saturated rings. The molecule has 0 bridgehead atoms. The van der Waals surface area contributed by atoms with Gasteiger partial charge in [0.15, 0.2) is 0 Å². The summed E-state index contributed by atoms with van der Waals surface area (Å²) in [6, 6.07) is 14.7. The molecule has 0 aromatic heterocycles. The maximum absolute atomic E-state index is 12.6. The molecule has 0 radical (unpaired) electrons. The molecule has 6 heteroatoms. The normalized spacial score (nSPS) is 15.0. The van der Waals surface area contributed by atoms with Gasteiger partial charge in [0.05, 0.1) is 4.92 Å². The number of amides is 1. The lowest BCUT2D eigenvalue weighted by molar-refractivity contribution is -0.385. The summed E-state index contributed by atoms with van der Waals surface area (Å²) in [5.74, 6) is -0.263. The number of nitro benzene ring substituents is 1. The smallest absolute Gasteiger partial charge is 0.282 e. The number of anilines is 1. The average molecular weight is 339 g/mol. The Morgan fingerprint density at radius 1 is 1.12 bits per heavy atom. The highest BCUT2D eigenvalue weighted by atomic mass is 16.6. The number of hydrogen-bond donors (Lipinski definition) is 1.